The molecule has 3 aromatic rings. The topological polar surface area (TPSA) is 86.5 Å². The maximum atomic E-state index is 12.6. The van der Waals surface area contributed by atoms with Gasteiger partial charge in [0, 0.05) is 17.7 Å². The second kappa shape index (κ2) is 7.61. The van der Waals surface area contributed by atoms with Crippen LogP contribution in [0.4, 0.5) is 5.82 Å². The van der Waals surface area contributed by atoms with Crippen LogP contribution in [0.5, 0.6) is 5.88 Å². The van der Waals surface area contributed by atoms with Crippen LogP contribution >= 0.6 is 0 Å². The quantitative estimate of drug-likeness (QED) is 0.667. The smallest absolute Gasteiger partial charge is 0.238 e. The number of hydrogen-bond acceptors (Lipinski definition) is 6. The number of aromatic nitrogens is 3. The minimum Gasteiger partial charge on any atom is -0.481 e. The molecule has 28 heavy (non-hydrogen) atoms. The number of pyridine rings is 1. The maximum Gasteiger partial charge on any atom is 0.238 e. The van der Waals surface area contributed by atoms with E-state index in [2.05, 4.69) is 10.1 Å². The summed E-state index contributed by atoms with van der Waals surface area (Å²) in [7, 11) is -1.94. The average Bonchev–Trinajstić information content (AvgIpc) is 3.07. The van der Waals surface area contributed by atoms with Crippen molar-refractivity contribution < 1.29 is 17.9 Å². The van der Waals surface area contributed by atoms with E-state index in [1.54, 1.807) is 30.1 Å². The van der Waals surface area contributed by atoms with Crippen molar-refractivity contribution in [1.29, 1.82) is 0 Å². The summed E-state index contributed by atoms with van der Waals surface area (Å²) in [6.45, 7) is 0.749. The lowest BCUT2D eigenvalue weighted by atomic mass is 10.1. The minimum atomic E-state index is -3.49. The van der Waals surface area contributed by atoms with Gasteiger partial charge in [-0.3, -0.25) is 0 Å². The van der Waals surface area contributed by atoms with Crippen molar-refractivity contribution in [3.63, 3.8) is 0 Å². The molecule has 0 unspecified atom stereocenters. The summed E-state index contributed by atoms with van der Waals surface area (Å²) in [5, 5.41) is 4.60. The third-order valence-electron chi connectivity index (χ3n) is 4.46. The van der Waals surface area contributed by atoms with Gasteiger partial charge >= 0.3 is 0 Å². The molecule has 0 radical (unpaired) electrons. The molecule has 4 rings (SSSR count). The zero-order valence-electron chi connectivity index (χ0n) is 15.4. The number of benzene rings is 1. The predicted octanol–water partition coefficient (Wildman–Crippen LogP) is 2.11. The molecular weight excluding hydrogens is 380 g/mol. The third-order valence-corrected chi connectivity index (χ3v) is 6.18. The van der Waals surface area contributed by atoms with Crippen LogP contribution < -0.4 is 9.04 Å². The lowest BCUT2D eigenvalue weighted by molar-refractivity contribution is 0.162. The van der Waals surface area contributed by atoms with Crippen molar-refractivity contribution in [3.05, 3.63) is 54.7 Å². The number of anilines is 1. The Morgan fingerprint density at radius 2 is 1.93 bits per heavy atom. The van der Waals surface area contributed by atoms with Crippen LogP contribution in [0.2, 0.25) is 0 Å². The Morgan fingerprint density at radius 3 is 2.64 bits per heavy atom. The van der Waals surface area contributed by atoms with Crippen LogP contribution in [0.25, 0.3) is 16.9 Å². The Kier molecular flexibility index (Phi) is 5.01. The first-order valence-electron chi connectivity index (χ1n) is 8.82. The molecule has 1 fully saturated rings. The molecule has 0 amide bonds. The summed E-state index contributed by atoms with van der Waals surface area (Å²) in [4.78, 5) is 4.24. The first kappa shape index (κ1) is 18.5. The summed E-state index contributed by atoms with van der Waals surface area (Å²) < 4.78 is 38.8. The van der Waals surface area contributed by atoms with Crippen molar-refractivity contribution in [3.8, 4) is 22.8 Å². The number of rotatable bonds is 4. The van der Waals surface area contributed by atoms with E-state index in [1.807, 2.05) is 36.4 Å². The molecule has 1 aliphatic rings. The van der Waals surface area contributed by atoms with Crippen LogP contribution in [-0.2, 0) is 14.8 Å². The minimum absolute atomic E-state index is 0.0649. The fourth-order valence-corrected chi connectivity index (χ4v) is 4.32. The van der Waals surface area contributed by atoms with E-state index in [1.165, 1.54) is 4.31 Å². The molecule has 8 nitrogen and oxygen atoms in total. The molecule has 0 saturated carbocycles. The highest BCUT2D eigenvalue weighted by molar-refractivity contribution is 7.92. The molecule has 2 aromatic heterocycles. The van der Waals surface area contributed by atoms with Crippen molar-refractivity contribution >= 4 is 15.8 Å². The van der Waals surface area contributed by atoms with Crippen molar-refractivity contribution in [2.24, 2.45) is 0 Å². The number of nitrogens with zero attached hydrogens (tertiary/aromatic N) is 4. The fourth-order valence-electron chi connectivity index (χ4n) is 3.04. The van der Waals surface area contributed by atoms with Crippen molar-refractivity contribution in [2.45, 2.75) is 0 Å². The fraction of sp³-hybridized carbons (Fsp3) is 0.263. The molecule has 0 N–H and O–H groups in total. The SMILES string of the molecule is COc1ccc(-n2nc(N3CCOCCS3(=O)=O)cc2-c2ccccc2)cn1. The Bertz CT molecular complexity index is 1050. The molecule has 9 heteroatoms. The van der Waals surface area contributed by atoms with Gasteiger partial charge in [0.1, 0.15) is 0 Å². The van der Waals surface area contributed by atoms with Crippen molar-refractivity contribution in [2.75, 3.05) is 36.9 Å². The highest BCUT2D eigenvalue weighted by atomic mass is 32.2. The summed E-state index contributed by atoms with van der Waals surface area (Å²) in [5.74, 6) is 0.787. The zero-order valence-corrected chi connectivity index (χ0v) is 16.2. The van der Waals surface area contributed by atoms with Gasteiger partial charge in [-0.1, -0.05) is 30.3 Å². The standard InChI is InChI=1S/C19H20N4O4S/c1-26-19-8-7-16(14-20-19)23-17(15-5-3-2-4-6-15)13-18(21-23)22-9-10-27-11-12-28(22,24)25/h2-8,13-14H,9-12H2,1H3. The van der Waals surface area contributed by atoms with Gasteiger partial charge in [0.15, 0.2) is 5.82 Å². The van der Waals surface area contributed by atoms with Gasteiger partial charge in [-0.15, -0.1) is 5.10 Å². The normalized spacial score (nSPS) is 16.5. The predicted molar refractivity (Wildman–Crippen MR) is 105 cm³/mol. The van der Waals surface area contributed by atoms with Gasteiger partial charge in [-0.25, -0.2) is 22.4 Å². The summed E-state index contributed by atoms with van der Waals surface area (Å²) in [6.07, 6.45) is 1.64. The lowest BCUT2D eigenvalue weighted by Gasteiger charge is -2.18. The first-order chi connectivity index (χ1) is 13.6. The summed E-state index contributed by atoms with van der Waals surface area (Å²) >= 11 is 0. The number of hydrogen-bond donors (Lipinski definition) is 0. The Hall–Kier alpha value is -2.91. The number of ether oxygens (including phenoxy) is 2. The average molecular weight is 400 g/mol. The molecule has 0 atom stereocenters. The van der Waals surface area contributed by atoms with E-state index < -0.39 is 10.0 Å². The highest BCUT2D eigenvalue weighted by Gasteiger charge is 2.28. The Balaban J connectivity index is 1.84. The molecule has 0 bridgehead atoms. The third kappa shape index (κ3) is 3.58. The van der Waals surface area contributed by atoms with E-state index >= 15 is 0 Å². The zero-order chi connectivity index (χ0) is 19.6. The van der Waals surface area contributed by atoms with Gasteiger partial charge in [-0.05, 0) is 6.07 Å². The molecule has 0 spiro atoms. The van der Waals surface area contributed by atoms with Gasteiger partial charge in [0.05, 0.1) is 50.2 Å². The first-order valence-corrected chi connectivity index (χ1v) is 10.4. The largest absolute Gasteiger partial charge is 0.481 e. The van der Waals surface area contributed by atoms with Crippen LogP contribution in [-0.4, -0.2) is 55.8 Å². The molecule has 3 heterocycles. The second-order valence-electron chi connectivity index (χ2n) is 6.22. The summed E-state index contributed by atoms with van der Waals surface area (Å²) in [6, 6.07) is 15.0. The Labute approximate surface area is 163 Å². The van der Waals surface area contributed by atoms with E-state index in [0.717, 1.165) is 11.3 Å². The van der Waals surface area contributed by atoms with Crippen LogP contribution in [0, 0.1) is 0 Å². The number of methoxy groups -OCH3 is 1. The Morgan fingerprint density at radius 1 is 1.11 bits per heavy atom. The molecule has 0 aliphatic carbocycles. The van der Waals surface area contributed by atoms with Crippen molar-refractivity contribution in [1.82, 2.24) is 14.8 Å². The van der Waals surface area contributed by atoms with Gasteiger partial charge < -0.3 is 9.47 Å². The lowest BCUT2D eigenvalue weighted by Crippen LogP contribution is -2.33. The maximum absolute atomic E-state index is 12.6. The van der Waals surface area contributed by atoms with E-state index in [9.17, 15) is 8.42 Å². The second-order valence-corrected chi connectivity index (χ2v) is 8.24. The van der Waals surface area contributed by atoms with Gasteiger partial charge in [-0.2, -0.15) is 0 Å². The molecule has 1 aromatic carbocycles. The molecular formula is C19H20N4O4S. The van der Waals surface area contributed by atoms with Gasteiger partial charge in [0.25, 0.3) is 0 Å². The van der Waals surface area contributed by atoms with Crippen LogP contribution in [0.3, 0.4) is 0 Å². The molecule has 146 valence electrons. The molecule has 1 saturated heterocycles. The van der Waals surface area contributed by atoms with Gasteiger partial charge in [0.2, 0.25) is 15.9 Å². The monoisotopic (exact) mass is 400 g/mol. The van der Waals surface area contributed by atoms with E-state index in [4.69, 9.17) is 9.47 Å². The van der Waals surface area contributed by atoms with Crippen LogP contribution in [0.1, 0.15) is 0 Å². The van der Waals surface area contributed by atoms with E-state index in [-0.39, 0.29) is 18.9 Å². The highest BCUT2D eigenvalue weighted by Crippen LogP contribution is 2.29. The van der Waals surface area contributed by atoms with Crippen LogP contribution in [0.15, 0.2) is 54.7 Å². The number of sulfonamides is 1. The van der Waals surface area contributed by atoms with E-state index in [0.29, 0.717) is 24.0 Å². The summed E-state index contributed by atoms with van der Waals surface area (Å²) in [5.41, 5.74) is 2.39. The molecule has 1 aliphatic heterocycles.